The average Bonchev–Trinajstić information content (AvgIpc) is 3.04. The third kappa shape index (κ3) is 3.88. The predicted octanol–water partition coefficient (Wildman–Crippen LogP) is 3.07. The third-order valence-corrected chi connectivity index (χ3v) is 5.70. The number of benzene rings is 1. The molecule has 3 unspecified atom stereocenters. The molecule has 0 bridgehead atoms. The van der Waals surface area contributed by atoms with Crippen molar-refractivity contribution in [3.8, 4) is 0 Å². The Morgan fingerprint density at radius 1 is 1.42 bits per heavy atom. The SMILES string of the molecule is CN=C(NC1CC1c1cccc(Cl)c1)N1CCC(Cc2cnn(C)c2)C1. The van der Waals surface area contributed by atoms with E-state index in [1.165, 1.54) is 17.5 Å². The molecule has 26 heavy (non-hydrogen) atoms. The standard InChI is InChI=1S/C20H26ClN5/c1-22-20(24-19-10-18(19)16-4-3-5-17(21)9-16)26-7-6-14(13-26)8-15-11-23-25(2)12-15/h3-5,9,11-12,14,18-19H,6-8,10,13H2,1-2H3,(H,22,24). The molecule has 1 saturated carbocycles. The summed E-state index contributed by atoms with van der Waals surface area (Å²) >= 11 is 6.13. The molecule has 2 aliphatic rings. The number of nitrogens with zero attached hydrogens (tertiary/aromatic N) is 4. The number of guanidine groups is 1. The topological polar surface area (TPSA) is 45.5 Å². The molecule has 2 heterocycles. The maximum Gasteiger partial charge on any atom is 0.193 e. The van der Waals surface area contributed by atoms with E-state index in [1.807, 2.05) is 37.1 Å². The quantitative estimate of drug-likeness (QED) is 0.663. The van der Waals surface area contributed by atoms with Crippen LogP contribution in [-0.2, 0) is 13.5 Å². The lowest BCUT2D eigenvalue weighted by Crippen LogP contribution is -2.41. The van der Waals surface area contributed by atoms with Gasteiger partial charge < -0.3 is 10.2 Å². The highest BCUT2D eigenvalue weighted by Crippen LogP contribution is 2.41. The molecule has 3 atom stereocenters. The third-order valence-electron chi connectivity index (χ3n) is 5.46. The van der Waals surface area contributed by atoms with Crippen molar-refractivity contribution in [3.63, 3.8) is 0 Å². The summed E-state index contributed by atoms with van der Waals surface area (Å²) in [5, 5.41) is 8.75. The van der Waals surface area contributed by atoms with Crippen LogP contribution in [0.2, 0.25) is 5.02 Å². The number of rotatable bonds is 4. The highest BCUT2D eigenvalue weighted by Gasteiger charge is 2.40. The largest absolute Gasteiger partial charge is 0.353 e. The number of aryl methyl sites for hydroxylation is 1. The zero-order chi connectivity index (χ0) is 18.1. The summed E-state index contributed by atoms with van der Waals surface area (Å²) in [6.07, 6.45) is 7.55. The van der Waals surface area contributed by atoms with Gasteiger partial charge in [0.1, 0.15) is 0 Å². The Hall–Kier alpha value is -2.01. The van der Waals surface area contributed by atoms with Crippen molar-refractivity contribution in [3.05, 3.63) is 52.8 Å². The number of hydrogen-bond acceptors (Lipinski definition) is 2. The van der Waals surface area contributed by atoms with Crippen LogP contribution in [0.25, 0.3) is 0 Å². The monoisotopic (exact) mass is 371 g/mol. The van der Waals surface area contributed by atoms with E-state index >= 15 is 0 Å². The van der Waals surface area contributed by atoms with Crippen LogP contribution in [0, 0.1) is 5.92 Å². The number of nitrogens with one attached hydrogen (secondary N) is 1. The summed E-state index contributed by atoms with van der Waals surface area (Å²) in [5.74, 6) is 2.24. The number of likely N-dealkylation sites (tertiary alicyclic amines) is 1. The van der Waals surface area contributed by atoms with Gasteiger partial charge in [-0.2, -0.15) is 5.10 Å². The van der Waals surface area contributed by atoms with E-state index < -0.39 is 0 Å². The van der Waals surface area contributed by atoms with E-state index in [0.717, 1.165) is 36.9 Å². The van der Waals surface area contributed by atoms with Gasteiger partial charge in [-0.3, -0.25) is 9.67 Å². The Morgan fingerprint density at radius 2 is 2.31 bits per heavy atom. The molecule has 6 heteroatoms. The summed E-state index contributed by atoms with van der Waals surface area (Å²) in [6, 6.07) is 8.67. The van der Waals surface area contributed by atoms with Gasteiger partial charge >= 0.3 is 0 Å². The molecule has 4 rings (SSSR count). The summed E-state index contributed by atoms with van der Waals surface area (Å²) in [6.45, 7) is 2.13. The van der Waals surface area contributed by atoms with E-state index in [0.29, 0.717) is 17.9 Å². The molecule has 1 aromatic carbocycles. The van der Waals surface area contributed by atoms with E-state index in [-0.39, 0.29) is 0 Å². The molecule has 5 nitrogen and oxygen atoms in total. The molecule has 1 aliphatic heterocycles. The Morgan fingerprint density at radius 3 is 3.04 bits per heavy atom. The molecule has 1 aliphatic carbocycles. The maximum absolute atomic E-state index is 6.13. The second-order valence-corrected chi connectivity index (χ2v) is 7.96. The van der Waals surface area contributed by atoms with Gasteiger partial charge in [0, 0.05) is 50.4 Å². The van der Waals surface area contributed by atoms with Crippen molar-refractivity contribution in [2.75, 3.05) is 20.1 Å². The summed E-state index contributed by atoms with van der Waals surface area (Å²) in [5.41, 5.74) is 2.65. The smallest absolute Gasteiger partial charge is 0.193 e. The minimum absolute atomic E-state index is 0.463. The first-order valence-electron chi connectivity index (χ1n) is 9.33. The fourth-order valence-corrected chi connectivity index (χ4v) is 4.22. The van der Waals surface area contributed by atoms with E-state index in [1.54, 1.807) is 0 Å². The number of halogens is 1. The van der Waals surface area contributed by atoms with Crippen LogP contribution in [0.4, 0.5) is 0 Å². The lowest BCUT2D eigenvalue weighted by atomic mass is 10.0. The van der Waals surface area contributed by atoms with Gasteiger partial charge in [-0.25, -0.2) is 0 Å². The van der Waals surface area contributed by atoms with Gasteiger partial charge in [-0.1, -0.05) is 23.7 Å². The van der Waals surface area contributed by atoms with Gasteiger partial charge in [-0.05, 0) is 48.4 Å². The lowest BCUT2D eigenvalue weighted by Gasteiger charge is -2.22. The van der Waals surface area contributed by atoms with Crippen molar-refractivity contribution < 1.29 is 0 Å². The molecular formula is C20H26ClN5. The molecule has 0 radical (unpaired) electrons. The number of aromatic nitrogens is 2. The molecule has 2 aromatic rings. The first kappa shape index (κ1) is 17.4. The highest BCUT2D eigenvalue weighted by molar-refractivity contribution is 6.30. The maximum atomic E-state index is 6.13. The van der Waals surface area contributed by atoms with E-state index in [4.69, 9.17) is 11.6 Å². The van der Waals surface area contributed by atoms with E-state index in [9.17, 15) is 0 Å². The van der Waals surface area contributed by atoms with Crippen LogP contribution in [0.5, 0.6) is 0 Å². The Balaban J connectivity index is 1.31. The molecule has 1 saturated heterocycles. The van der Waals surface area contributed by atoms with Crippen LogP contribution in [-0.4, -0.2) is 46.8 Å². The van der Waals surface area contributed by atoms with Crippen LogP contribution < -0.4 is 5.32 Å². The Kier molecular flexibility index (Phi) is 4.90. The normalized spacial score (nSPS) is 25.6. The van der Waals surface area contributed by atoms with Crippen molar-refractivity contribution >= 4 is 17.6 Å². The van der Waals surface area contributed by atoms with Gasteiger partial charge in [0.25, 0.3) is 0 Å². The summed E-state index contributed by atoms with van der Waals surface area (Å²) < 4.78 is 1.88. The fraction of sp³-hybridized carbons (Fsp3) is 0.500. The second kappa shape index (κ2) is 7.31. The van der Waals surface area contributed by atoms with E-state index in [2.05, 4.69) is 38.6 Å². The first-order valence-corrected chi connectivity index (χ1v) is 9.71. The highest BCUT2D eigenvalue weighted by atomic mass is 35.5. The molecule has 2 fully saturated rings. The van der Waals surface area contributed by atoms with Gasteiger partial charge in [0.05, 0.1) is 6.20 Å². The molecule has 138 valence electrons. The zero-order valence-electron chi connectivity index (χ0n) is 15.4. The van der Waals surface area contributed by atoms with Crippen molar-refractivity contribution in [2.45, 2.75) is 31.2 Å². The van der Waals surface area contributed by atoms with Crippen molar-refractivity contribution in [1.29, 1.82) is 0 Å². The predicted molar refractivity (Wildman–Crippen MR) is 106 cm³/mol. The summed E-state index contributed by atoms with van der Waals surface area (Å²) in [4.78, 5) is 6.93. The average molecular weight is 372 g/mol. The zero-order valence-corrected chi connectivity index (χ0v) is 16.2. The minimum atomic E-state index is 0.463. The minimum Gasteiger partial charge on any atom is -0.353 e. The van der Waals surface area contributed by atoms with Crippen LogP contribution in [0.15, 0.2) is 41.7 Å². The van der Waals surface area contributed by atoms with Gasteiger partial charge in [0.15, 0.2) is 5.96 Å². The van der Waals surface area contributed by atoms with Gasteiger partial charge in [-0.15, -0.1) is 0 Å². The Labute approximate surface area is 160 Å². The van der Waals surface area contributed by atoms with Crippen molar-refractivity contribution in [2.24, 2.45) is 18.0 Å². The number of hydrogen-bond donors (Lipinski definition) is 1. The fourth-order valence-electron chi connectivity index (χ4n) is 4.03. The molecular weight excluding hydrogens is 346 g/mol. The lowest BCUT2D eigenvalue weighted by molar-refractivity contribution is 0.459. The van der Waals surface area contributed by atoms with Crippen LogP contribution in [0.1, 0.15) is 29.9 Å². The molecule has 0 amide bonds. The van der Waals surface area contributed by atoms with Crippen LogP contribution in [0.3, 0.4) is 0 Å². The van der Waals surface area contributed by atoms with Gasteiger partial charge in [0.2, 0.25) is 0 Å². The molecule has 1 aromatic heterocycles. The van der Waals surface area contributed by atoms with Crippen LogP contribution >= 0.6 is 11.6 Å². The summed E-state index contributed by atoms with van der Waals surface area (Å²) in [7, 11) is 3.86. The molecule has 1 N–H and O–H groups in total. The Bertz CT molecular complexity index is 799. The first-order chi connectivity index (χ1) is 12.6. The van der Waals surface area contributed by atoms with Crippen molar-refractivity contribution in [1.82, 2.24) is 20.0 Å². The second-order valence-electron chi connectivity index (χ2n) is 7.52. The molecule has 0 spiro atoms. The number of aliphatic imine (C=N–C) groups is 1.